The number of phenols is 1. The maximum atomic E-state index is 10.6. The summed E-state index contributed by atoms with van der Waals surface area (Å²) in [5, 5.41) is 22.8. The minimum Gasteiger partial charge on any atom is -0.507 e. The molecule has 4 aromatic rings. The zero-order valence-corrected chi connectivity index (χ0v) is 14.2. The second kappa shape index (κ2) is 6.06. The molecule has 3 nitrogen and oxygen atoms in total. The monoisotopic (exact) mass is 376 g/mol. The van der Waals surface area contributed by atoms with E-state index in [1.165, 1.54) is 0 Å². The summed E-state index contributed by atoms with van der Waals surface area (Å²) in [7, 11) is 0. The maximum Gasteiger partial charge on any atom is 0.131 e. The van der Waals surface area contributed by atoms with Crippen LogP contribution < -0.4 is 0 Å². The van der Waals surface area contributed by atoms with Crippen LogP contribution in [0.3, 0.4) is 0 Å². The first-order chi connectivity index (χ1) is 11.7. The van der Waals surface area contributed by atoms with Gasteiger partial charge in [-0.3, -0.25) is 0 Å². The Kier molecular flexibility index (Phi) is 3.75. The molecule has 24 heavy (non-hydrogen) atoms. The van der Waals surface area contributed by atoms with Crippen molar-refractivity contribution < 1.29 is 5.11 Å². The van der Waals surface area contributed by atoms with Crippen LogP contribution in [0.5, 0.6) is 5.75 Å². The first-order valence-corrected chi connectivity index (χ1v) is 8.33. The SMILES string of the molecule is Oc1c2ccccc2c(N=Nc2ccc(Br)cc2)c2ccccc12. The van der Waals surface area contributed by atoms with Crippen LogP contribution in [0.4, 0.5) is 11.4 Å². The lowest BCUT2D eigenvalue weighted by molar-refractivity contribution is 0.488. The van der Waals surface area contributed by atoms with Gasteiger partial charge in [0.05, 0.1) is 5.69 Å². The van der Waals surface area contributed by atoms with Crippen LogP contribution in [0.25, 0.3) is 21.5 Å². The number of nitrogens with zero attached hydrogens (tertiary/aromatic N) is 2. The molecule has 0 radical (unpaired) electrons. The molecule has 0 aromatic heterocycles. The summed E-state index contributed by atoms with van der Waals surface area (Å²) in [5.41, 5.74) is 1.54. The van der Waals surface area contributed by atoms with E-state index in [9.17, 15) is 5.11 Å². The Morgan fingerprint density at radius 3 is 1.67 bits per heavy atom. The topological polar surface area (TPSA) is 45.0 Å². The number of aromatic hydroxyl groups is 1. The van der Waals surface area contributed by atoms with Gasteiger partial charge in [0.15, 0.2) is 0 Å². The van der Waals surface area contributed by atoms with Crippen molar-refractivity contribution >= 4 is 48.8 Å². The molecule has 0 amide bonds. The minimum absolute atomic E-state index is 0.281. The van der Waals surface area contributed by atoms with E-state index in [4.69, 9.17) is 0 Å². The Morgan fingerprint density at radius 1 is 0.625 bits per heavy atom. The number of fused-ring (bicyclic) bond motifs is 2. The van der Waals surface area contributed by atoms with Crippen molar-refractivity contribution in [2.75, 3.05) is 0 Å². The van der Waals surface area contributed by atoms with Gasteiger partial charge in [-0.15, -0.1) is 5.11 Å². The Balaban J connectivity index is 1.98. The number of hydrogen-bond donors (Lipinski definition) is 1. The molecule has 0 saturated heterocycles. The lowest BCUT2D eigenvalue weighted by Crippen LogP contribution is -1.80. The number of halogens is 1. The average molecular weight is 377 g/mol. The molecule has 0 saturated carbocycles. The van der Waals surface area contributed by atoms with Gasteiger partial charge in [0, 0.05) is 26.0 Å². The second-order valence-corrected chi connectivity index (χ2v) is 6.38. The highest BCUT2D eigenvalue weighted by molar-refractivity contribution is 9.10. The van der Waals surface area contributed by atoms with Crippen molar-refractivity contribution in [3.8, 4) is 5.75 Å². The summed E-state index contributed by atoms with van der Waals surface area (Å²) in [6.45, 7) is 0. The molecular weight excluding hydrogens is 364 g/mol. The molecule has 0 aliphatic heterocycles. The fourth-order valence-corrected chi connectivity index (χ4v) is 3.07. The third kappa shape index (κ3) is 2.55. The molecule has 0 heterocycles. The predicted molar refractivity (Wildman–Crippen MR) is 101 cm³/mol. The highest BCUT2D eigenvalue weighted by Crippen LogP contribution is 2.42. The fourth-order valence-electron chi connectivity index (χ4n) is 2.81. The molecule has 0 aliphatic rings. The summed E-state index contributed by atoms with van der Waals surface area (Å²) < 4.78 is 1.00. The van der Waals surface area contributed by atoms with E-state index in [-0.39, 0.29) is 5.75 Å². The Bertz CT molecular complexity index is 1020. The molecule has 0 spiro atoms. The van der Waals surface area contributed by atoms with Crippen molar-refractivity contribution in [2.45, 2.75) is 0 Å². The summed E-state index contributed by atoms with van der Waals surface area (Å²) in [4.78, 5) is 0. The molecule has 0 atom stereocenters. The number of azo groups is 1. The third-order valence-corrected chi connectivity index (χ3v) is 4.50. The Labute approximate surface area is 147 Å². The molecule has 4 heteroatoms. The summed E-state index contributed by atoms with van der Waals surface area (Å²) in [6.07, 6.45) is 0. The van der Waals surface area contributed by atoms with Crippen molar-refractivity contribution in [2.24, 2.45) is 10.2 Å². The van der Waals surface area contributed by atoms with Crippen LogP contribution >= 0.6 is 15.9 Å². The highest BCUT2D eigenvalue weighted by atomic mass is 79.9. The highest BCUT2D eigenvalue weighted by Gasteiger charge is 2.12. The van der Waals surface area contributed by atoms with Crippen LogP contribution in [0.1, 0.15) is 0 Å². The van der Waals surface area contributed by atoms with Crippen LogP contribution in [-0.2, 0) is 0 Å². The number of rotatable bonds is 2. The maximum absolute atomic E-state index is 10.6. The largest absolute Gasteiger partial charge is 0.507 e. The van der Waals surface area contributed by atoms with E-state index in [0.29, 0.717) is 0 Å². The van der Waals surface area contributed by atoms with Crippen LogP contribution in [0.2, 0.25) is 0 Å². The molecule has 1 N–H and O–H groups in total. The third-order valence-electron chi connectivity index (χ3n) is 3.97. The van der Waals surface area contributed by atoms with E-state index in [1.54, 1.807) is 0 Å². The van der Waals surface area contributed by atoms with Gasteiger partial charge in [-0.25, -0.2) is 0 Å². The van der Waals surface area contributed by atoms with Crippen molar-refractivity contribution in [1.29, 1.82) is 0 Å². The summed E-state index contributed by atoms with van der Waals surface area (Å²) in [5.74, 6) is 0.281. The van der Waals surface area contributed by atoms with Crippen LogP contribution in [0.15, 0.2) is 87.5 Å². The number of phenolic OH excluding ortho intramolecular Hbond substituents is 1. The second-order valence-electron chi connectivity index (χ2n) is 5.46. The molecule has 4 aromatic carbocycles. The van der Waals surface area contributed by atoms with Gasteiger partial charge in [0.25, 0.3) is 0 Å². The van der Waals surface area contributed by atoms with E-state index in [0.717, 1.165) is 37.4 Å². The fraction of sp³-hybridized carbons (Fsp3) is 0. The Morgan fingerprint density at radius 2 is 1.12 bits per heavy atom. The van der Waals surface area contributed by atoms with Gasteiger partial charge in [-0.2, -0.15) is 5.11 Å². The molecular formula is C20H13BrN2O. The molecule has 0 fully saturated rings. The van der Waals surface area contributed by atoms with Crippen molar-refractivity contribution in [3.05, 3.63) is 77.3 Å². The zero-order chi connectivity index (χ0) is 16.5. The zero-order valence-electron chi connectivity index (χ0n) is 12.6. The molecule has 0 bridgehead atoms. The van der Waals surface area contributed by atoms with E-state index in [2.05, 4.69) is 26.2 Å². The number of benzene rings is 4. The first-order valence-electron chi connectivity index (χ1n) is 7.54. The quantitative estimate of drug-likeness (QED) is 0.300. The Hall–Kier alpha value is -2.72. The predicted octanol–water partition coefficient (Wildman–Crippen LogP) is 6.88. The summed E-state index contributed by atoms with van der Waals surface area (Å²) in [6, 6.07) is 23.1. The van der Waals surface area contributed by atoms with Gasteiger partial charge in [0.2, 0.25) is 0 Å². The minimum atomic E-state index is 0.281. The molecule has 116 valence electrons. The van der Waals surface area contributed by atoms with Gasteiger partial charge < -0.3 is 5.11 Å². The van der Waals surface area contributed by atoms with Gasteiger partial charge in [-0.1, -0.05) is 64.5 Å². The number of hydrogen-bond acceptors (Lipinski definition) is 3. The summed E-state index contributed by atoms with van der Waals surface area (Å²) >= 11 is 3.41. The van der Waals surface area contributed by atoms with Gasteiger partial charge >= 0.3 is 0 Å². The van der Waals surface area contributed by atoms with Gasteiger partial charge in [-0.05, 0) is 24.3 Å². The standard InChI is InChI=1S/C20H13BrN2O/c21-13-9-11-14(12-10-13)22-23-19-15-5-1-3-7-17(15)20(24)18-8-4-2-6-16(18)19/h1-12,24H. The molecule has 0 aliphatic carbocycles. The average Bonchev–Trinajstić information content (AvgIpc) is 2.63. The first kappa shape index (κ1) is 14.8. The van der Waals surface area contributed by atoms with E-state index in [1.807, 2.05) is 72.8 Å². The normalized spacial score (nSPS) is 11.5. The molecule has 0 unspecified atom stereocenters. The lowest BCUT2D eigenvalue weighted by Gasteiger charge is -2.09. The smallest absolute Gasteiger partial charge is 0.131 e. The van der Waals surface area contributed by atoms with Crippen molar-refractivity contribution in [1.82, 2.24) is 0 Å². The van der Waals surface area contributed by atoms with Crippen LogP contribution in [-0.4, -0.2) is 5.11 Å². The van der Waals surface area contributed by atoms with Gasteiger partial charge in [0.1, 0.15) is 11.4 Å². The van der Waals surface area contributed by atoms with Crippen molar-refractivity contribution in [3.63, 3.8) is 0 Å². The van der Waals surface area contributed by atoms with Crippen LogP contribution in [0, 0.1) is 0 Å². The van der Waals surface area contributed by atoms with E-state index < -0.39 is 0 Å². The molecule has 4 rings (SSSR count). The van der Waals surface area contributed by atoms with E-state index >= 15 is 0 Å². The lowest BCUT2D eigenvalue weighted by atomic mass is 10.00.